The Labute approximate surface area is 94.5 Å². The second-order valence-corrected chi connectivity index (χ2v) is 4.21. The quantitative estimate of drug-likeness (QED) is 0.697. The van der Waals surface area contributed by atoms with E-state index in [4.69, 9.17) is 4.74 Å². The third-order valence-corrected chi connectivity index (χ3v) is 1.76. The molecular formula is C14H24O. The first-order chi connectivity index (χ1) is 7.01. The van der Waals surface area contributed by atoms with Crippen LogP contribution in [0, 0.1) is 0 Å². The van der Waals surface area contributed by atoms with Crippen LogP contribution in [0.3, 0.4) is 0 Å². The van der Waals surface area contributed by atoms with Gasteiger partial charge in [-0.3, -0.25) is 0 Å². The molecule has 1 aromatic carbocycles. The van der Waals surface area contributed by atoms with E-state index in [0.29, 0.717) is 0 Å². The van der Waals surface area contributed by atoms with Crippen molar-refractivity contribution in [2.75, 3.05) is 0 Å². The summed E-state index contributed by atoms with van der Waals surface area (Å²) in [5.74, 6) is 0.949. The van der Waals surface area contributed by atoms with Gasteiger partial charge in [0.1, 0.15) is 11.4 Å². The van der Waals surface area contributed by atoms with Crippen LogP contribution in [0.2, 0.25) is 0 Å². The molecule has 0 amide bonds. The maximum atomic E-state index is 5.70. The van der Waals surface area contributed by atoms with E-state index in [1.54, 1.807) is 0 Å². The van der Waals surface area contributed by atoms with Gasteiger partial charge in [-0.1, -0.05) is 32.9 Å². The monoisotopic (exact) mass is 208 g/mol. The molecule has 0 saturated carbocycles. The molecule has 0 N–H and O–H groups in total. The van der Waals surface area contributed by atoms with E-state index in [0.717, 1.165) is 12.2 Å². The van der Waals surface area contributed by atoms with E-state index in [2.05, 4.69) is 39.8 Å². The predicted molar refractivity (Wildman–Crippen MR) is 67.5 cm³/mol. The lowest BCUT2D eigenvalue weighted by Crippen LogP contribution is -2.22. The molecule has 0 fully saturated rings. The number of hydrogen-bond donors (Lipinski definition) is 0. The Kier molecular flexibility index (Phi) is 6.07. The summed E-state index contributed by atoms with van der Waals surface area (Å²) < 4.78 is 5.70. The molecular weight excluding hydrogens is 184 g/mol. The van der Waals surface area contributed by atoms with Crippen molar-refractivity contribution in [2.24, 2.45) is 0 Å². The number of rotatable bonds is 2. The van der Waals surface area contributed by atoms with Crippen molar-refractivity contribution in [3.63, 3.8) is 0 Å². The van der Waals surface area contributed by atoms with Crippen LogP contribution in [-0.4, -0.2) is 5.60 Å². The van der Waals surface area contributed by atoms with Gasteiger partial charge in [0, 0.05) is 0 Å². The first-order valence-electron chi connectivity index (χ1n) is 5.79. The third kappa shape index (κ3) is 6.16. The standard InChI is InChI=1S/C12H18O.C2H6/c1-5-10-6-8-11(9-7-10)13-12(2,3)4;1-2/h6-9H,5H2,1-4H3;1-2H3. The van der Waals surface area contributed by atoms with Gasteiger partial charge in [-0.15, -0.1) is 0 Å². The topological polar surface area (TPSA) is 9.23 Å². The molecule has 86 valence electrons. The fourth-order valence-corrected chi connectivity index (χ4v) is 1.15. The summed E-state index contributed by atoms with van der Waals surface area (Å²) in [6, 6.07) is 8.29. The molecule has 0 aliphatic heterocycles. The van der Waals surface area contributed by atoms with Crippen molar-refractivity contribution in [3.05, 3.63) is 29.8 Å². The molecule has 0 radical (unpaired) electrons. The summed E-state index contributed by atoms with van der Waals surface area (Å²) in [5.41, 5.74) is 1.24. The van der Waals surface area contributed by atoms with E-state index in [1.165, 1.54) is 5.56 Å². The van der Waals surface area contributed by atoms with Gasteiger partial charge in [0.25, 0.3) is 0 Å². The molecule has 15 heavy (non-hydrogen) atoms. The summed E-state index contributed by atoms with van der Waals surface area (Å²) in [6.45, 7) is 12.3. The molecule has 0 saturated heterocycles. The summed E-state index contributed by atoms with van der Waals surface area (Å²) in [7, 11) is 0. The fourth-order valence-electron chi connectivity index (χ4n) is 1.15. The van der Waals surface area contributed by atoms with Crippen molar-refractivity contribution >= 4 is 0 Å². The van der Waals surface area contributed by atoms with E-state index in [-0.39, 0.29) is 5.60 Å². The second kappa shape index (κ2) is 6.49. The molecule has 1 heteroatoms. The maximum Gasteiger partial charge on any atom is 0.120 e. The molecule has 0 unspecified atom stereocenters. The van der Waals surface area contributed by atoms with Gasteiger partial charge in [-0.05, 0) is 44.9 Å². The highest BCUT2D eigenvalue weighted by atomic mass is 16.5. The number of hydrogen-bond acceptors (Lipinski definition) is 1. The van der Waals surface area contributed by atoms with Crippen molar-refractivity contribution < 1.29 is 4.74 Å². The smallest absolute Gasteiger partial charge is 0.120 e. The summed E-state index contributed by atoms with van der Waals surface area (Å²) in [6.07, 6.45) is 1.08. The van der Waals surface area contributed by atoms with Crippen LogP contribution in [-0.2, 0) is 6.42 Å². The largest absolute Gasteiger partial charge is 0.488 e. The lowest BCUT2D eigenvalue weighted by molar-refractivity contribution is 0.131. The average molecular weight is 208 g/mol. The van der Waals surface area contributed by atoms with E-state index in [9.17, 15) is 0 Å². The molecule has 0 spiro atoms. The third-order valence-electron chi connectivity index (χ3n) is 1.76. The highest BCUT2D eigenvalue weighted by Gasteiger charge is 2.10. The van der Waals surface area contributed by atoms with Crippen LogP contribution in [0.5, 0.6) is 5.75 Å². The summed E-state index contributed by atoms with van der Waals surface area (Å²) in [5, 5.41) is 0. The molecule has 0 aromatic heterocycles. The molecule has 1 aromatic rings. The molecule has 0 heterocycles. The highest BCUT2D eigenvalue weighted by Crippen LogP contribution is 2.18. The first-order valence-corrected chi connectivity index (χ1v) is 5.79. The number of aryl methyl sites for hydroxylation is 1. The van der Waals surface area contributed by atoms with Gasteiger partial charge < -0.3 is 4.74 Å². The lowest BCUT2D eigenvalue weighted by Gasteiger charge is -2.21. The zero-order valence-corrected chi connectivity index (χ0v) is 10.9. The normalized spacial score (nSPS) is 10.3. The van der Waals surface area contributed by atoms with Crippen LogP contribution in [0.4, 0.5) is 0 Å². The minimum Gasteiger partial charge on any atom is -0.488 e. The summed E-state index contributed by atoms with van der Waals surface area (Å²) in [4.78, 5) is 0. The van der Waals surface area contributed by atoms with Crippen LogP contribution in [0.1, 0.15) is 47.1 Å². The zero-order valence-electron chi connectivity index (χ0n) is 10.9. The minimum absolute atomic E-state index is 0.103. The van der Waals surface area contributed by atoms with Crippen molar-refractivity contribution in [2.45, 2.75) is 53.6 Å². The molecule has 0 aliphatic rings. The zero-order chi connectivity index (χ0) is 11.9. The van der Waals surface area contributed by atoms with Gasteiger partial charge in [0.2, 0.25) is 0 Å². The Morgan fingerprint density at radius 2 is 1.47 bits per heavy atom. The van der Waals surface area contributed by atoms with Crippen molar-refractivity contribution in [1.82, 2.24) is 0 Å². The van der Waals surface area contributed by atoms with Gasteiger partial charge >= 0.3 is 0 Å². The molecule has 0 bridgehead atoms. The average Bonchev–Trinajstić information content (AvgIpc) is 2.20. The van der Waals surface area contributed by atoms with E-state index in [1.807, 2.05) is 26.0 Å². The highest BCUT2D eigenvalue weighted by molar-refractivity contribution is 5.27. The van der Waals surface area contributed by atoms with Crippen LogP contribution >= 0.6 is 0 Å². The van der Waals surface area contributed by atoms with Crippen molar-refractivity contribution in [3.8, 4) is 5.75 Å². The molecule has 0 atom stereocenters. The van der Waals surface area contributed by atoms with Gasteiger partial charge in [0.05, 0.1) is 0 Å². The van der Waals surface area contributed by atoms with Crippen molar-refractivity contribution in [1.29, 1.82) is 0 Å². The SMILES string of the molecule is CC.CCc1ccc(OC(C)(C)C)cc1. The van der Waals surface area contributed by atoms with Gasteiger partial charge in [-0.2, -0.15) is 0 Å². The Hall–Kier alpha value is -0.980. The minimum atomic E-state index is -0.103. The maximum absolute atomic E-state index is 5.70. The molecule has 0 aliphatic carbocycles. The number of ether oxygens (including phenoxy) is 1. The van der Waals surface area contributed by atoms with E-state index < -0.39 is 0 Å². The fraction of sp³-hybridized carbons (Fsp3) is 0.571. The van der Waals surface area contributed by atoms with Crippen LogP contribution in [0.25, 0.3) is 0 Å². The van der Waals surface area contributed by atoms with Gasteiger partial charge in [0.15, 0.2) is 0 Å². The second-order valence-electron chi connectivity index (χ2n) is 4.21. The Morgan fingerprint density at radius 1 is 1.00 bits per heavy atom. The Bertz CT molecular complexity index is 254. The molecule has 1 rings (SSSR count). The Balaban J connectivity index is 0.000000921. The number of benzene rings is 1. The summed E-state index contributed by atoms with van der Waals surface area (Å²) >= 11 is 0. The van der Waals surface area contributed by atoms with Crippen LogP contribution < -0.4 is 4.74 Å². The van der Waals surface area contributed by atoms with Crippen LogP contribution in [0.15, 0.2) is 24.3 Å². The van der Waals surface area contributed by atoms with Gasteiger partial charge in [-0.25, -0.2) is 0 Å². The van der Waals surface area contributed by atoms with E-state index >= 15 is 0 Å². The first kappa shape index (κ1) is 14.0. The molecule has 1 nitrogen and oxygen atoms in total. The predicted octanol–water partition coefficient (Wildman–Crippen LogP) is 4.45. The lowest BCUT2D eigenvalue weighted by atomic mass is 10.1. The Morgan fingerprint density at radius 3 is 1.80 bits per heavy atom.